The molecule has 6 heteroatoms. The van der Waals surface area contributed by atoms with E-state index in [2.05, 4.69) is 58.0 Å². The van der Waals surface area contributed by atoms with Gasteiger partial charge in [0.2, 0.25) is 0 Å². The number of fused-ring (bicyclic) bond motifs is 1. The lowest BCUT2D eigenvalue weighted by atomic mass is 10.3. The van der Waals surface area contributed by atoms with E-state index in [-0.39, 0.29) is 0 Å². The summed E-state index contributed by atoms with van der Waals surface area (Å²) in [6.07, 6.45) is 4.08. The molecule has 0 atom stereocenters. The molecule has 0 aliphatic heterocycles. The van der Waals surface area contributed by atoms with Gasteiger partial charge in [-0.05, 0) is 48.6 Å². The predicted molar refractivity (Wildman–Crippen MR) is 96.0 cm³/mol. The molecule has 5 nitrogen and oxygen atoms in total. The fraction of sp³-hybridized carbons (Fsp3) is 0.294. The van der Waals surface area contributed by atoms with E-state index in [1.54, 1.807) is 18.4 Å². The van der Waals surface area contributed by atoms with Crippen LogP contribution in [0.5, 0.6) is 0 Å². The van der Waals surface area contributed by atoms with Crippen LogP contribution in [0.2, 0.25) is 0 Å². The summed E-state index contributed by atoms with van der Waals surface area (Å²) in [5, 5.41) is 8.76. The maximum absolute atomic E-state index is 4.62. The van der Waals surface area contributed by atoms with Crippen molar-refractivity contribution in [3.8, 4) is 0 Å². The molecule has 0 radical (unpaired) electrons. The maximum atomic E-state index is 4.62. The van der Waals surface area contributed by atoms with Crippen LogP contribution in [0.15, 0.2) is 41.0 Å². The Bertz CT molecular complexity index is 830. The number of guanidine groups is 1. The third-order valence-corrected chi connectivity index (χ3v) is 4.73. The Labute approximate surface area is 140 Å². The minimum Gasteiger partial charge on any atom is -0.352 e. The highest BCUT2D eigenvalue weighted by molar-refractivity contribution is 7.10. The van der Waals surface area contributed by atoms with Crippen molar-refractivity contribution in [2.24, 2.45) is 4.99 Å². The zero-order valence-corrected chi connectivity index (χ0v) is 14.4. The summed E-state index contributed by atoms with van der Waals surface area (Å²) in [6.45, 7) is 5.63. The van der Waals surface area contributed by atoms with Crippen molar-refractivity contribution >= 4 is 22.9 Å². The minimum atomic E-state index is 0.643. The average Bonchev–Trinajstić information content (AvgIpc) is 3.13. The van der Waals surface area contributed by atoms with Gasteiger partial charge in [0.1, 0.15) is 5.65 Å². The second-order valence-corrected chi connectivity index (χ2v) is 6.51. The number of imidazole rings is 1. The molecule has 0 saturated heterocycles. The number of hydrogen-bond acceptors (Lipinski definition) is 3. The van der Waals surface area contributed by atoms with Gasteiger partial charge in [-0.25, -0.2) is 4.98 Å². The Balaban J connectivity index is 1.59. The quantitative estimate of drug-likeness (QED) is 0.572. The first-order chi connectivity index (χ1) is 11.2. The van der Waals surface area contributed by atoms with Crippen LogP contribution in [-0.2, 0) is 13.1 Å². The standard InChI is InChI=1S/C17H21N5S/c1-12-4-6-22-11-14(21-16(22)8-12)9-19-17(18-3)20-10-15-13(2)5-7-23-15/h4-8,11H,9-10H2,1-3H3,(H2,18,19,20). The van der Waals surface area contributed by atoms with Gasteiger partial charge in [-0.15, -0.1) is 11.3 Å². The van der Waals surface area contributed by atoms with Crippen molar-refractivity contribution in [1.82, 2.24) is 20.0 Å². The lowest BCUT2D eigenvalue weighted by Crippen LogP contribution is -2.36. The summed E-state index contributed by atoms with van der Waals surface area (Å²) in [6, 6.07) is 6.29. The molecule has 0 amide bonds. The summed E-state index contributed by atoms with van der Waals surface area (Å²) in [7, 11) is 1.78. The van der Waals surface area contributed by atoms with Crippen LogP contribution in [0, 0.1) is 13.8 Å². The number of pyridine rings is 1. The van der Waals surface area contributed by atoms with E-state index in [0.29, 0.717) is 6.54 Å². The molecule has 3 aromatic heterocycles. The van der Waals surface area contributed by atoms with Crippen molar-refractivity contribution in [3.63, 3.8) is 0 Å². The Morgan fingerprint density at radius 3 is 2.83 bits per heavy atom. The molecule has 23 heavy (non-hydrogen) atoms. The van der Waals surface area contributed by atoms with Gasteiger partial charge >= 0.3 is 0 Å². The van der Waals surface area contributed by atoms with Gasteiger partial charge in [-0.1, -0.05) is 0 Å². The van der Waals surface area contributed by atoms with Gasteiger partial charge in [0.15, 0.2) is 5.96 Å². The topological polar surface area (TPSA) is 53.7 Å². The number of thiophene rings is 1. The zero-order valence-electron chi connectivity index (χ0n) is 13.6. The van der Waals surface area contributed by atoms with Crippen LogP contribution in [0.1, 0.15) is 21.7 Å². The van der Waals surface area contributed by atoms with Gasteiger partial charge in [-0.2, -0.15) is 0 Å². The number of nitrogens with one attached hydrogen (secondary N) is 2. The maximum Gasteiger partial charge on any atom is 0.191 e. The number of aryl methyl sites for hydroxylation is 2. The van der Waals surface area contributed by atoms with Crippen LogP contribution in [0.3, 0.4) is 0 Å². The van der Waals surface area contributed by atoms with Crippen LogP contribution < -0.4 is 10.6 Å². The first kappa shape index (κ1) is 15.6. The van der Waals surface area contributed by atoms with Gasteiger partial charge in [0.25, 0.3) is 0 Å². The molecule has 0 bridgehead atoms. The van der Waals surface area contributed by atoms with E-state index in [4.69, 9.17) is 0 Å². The second-order valence-electron chi connectivity index (χ2n) is 5.51. The van der Waals surface area contributed by atoms with Gasteiger partial charge < -0.3 is 15.0 Å². The molecule has 0 spiro atoms. The van der Waals surface area contributed by atoms with E-state index in [9.17, 15) is 0 Å². The molecule has 120 valence electrons. The third kappa shape index (κ3) is 3.71. The summed E-state index contributed by atoms with van der Waals surface area (Å²) < 4.78 is 2.04. The SMILES string of the molecule is CN=C(NCc1cn2ccc(C)cc2n1)NCc1sccc1C. The number of nitrogens with zero attached hydrogens (tertiary/aromatic N) is 3. The molecular weight excluding hydrogens is 306 g/mol. The second kappa shape index (κ2) is 6.83. The molecule has 3 heterocycles. The average molecular weight is 327 g/mol. The highest BCUT2D eigenvalue weighted by Crippen LogP contribution is 2.14. The number of aromatic nitrogens is 2. The first-order valence-electron chi connectivity index (χ1n) is 7.57. The van der Waals surface area contributed by atoms with Crippen molar-refractivity contribution in [2.45, 2.75) is 26.9 Å². The summed E-state index contributed by atoms with van der Waals surface area (Å²) in [4.78, 5) is 10.2. The van der Waals surface area contributed by atoms with Crippen LogP contribution >= 0.6 is 11.3 Å². The van der Waals surface area contributed by atoms with Crippen molar-refractivity contribution in [2.75, 3.05) is 7.05 Å². The highest BCUT2D eigenvalue weighted by Gasteiger charge is 2.05. The first-order valence-corrected chi connectivity index (χ1v) is 8.45. The molecule has 3 rings (SSSR count). The smallest absolute Gasteiger partial charge is 0.191 e. The largest absolute Gasteiger partial charge is 0.352 e. The monoisotopic (exact) mass is 327 g/mol. The molecule has 0 aliphatic rings. The van der Waals surface area contributed by atoms with Gasteiger partial charge in [0, 0.05) is 24.3 Å². The fourth-order valence-electron chi connectivity index (χ4n) is 2.37. The fourth-order valence-corrected chi connectivity index (χ4v) is 3.21. The zero-order chi connectivity index (χ0) is 16.2. The van der Waals surface area contributed by atoms with Crippen LogP contribution in [0.25, 0.3) is 5.65 Å². The van der Waals surface area contributed by atoms with Crippen molar-refractivity contribution in [3.05, 3.63) is 57.7 Å². The van der Waals surface area contributed by atoms with E-state index in [1.807, 2.05) is 16.8 Å². The van der Waals surface area contributed by atoms with E-state index in [1.165, 1.54) is 16.0 Å². The van der Waals surface area contributed by atoms with Gasteiger partial charge in [-0.3, -0.25) is 4.99 Å². The summed E-state index contributed by atoms with van der Waals surface area (Å²) in [5.74, 6) is 0.783. The van der Waals surface area contributed by atoms with Crippen LogP contribution in [-0.4, -0.2) is 22.4 Å². The normalized spacial score (nSPS) is 11.9. The Morgan fingerprint density at radius 2 is 2.09 bits per heavy atom. The summed E-state index contributed by atoms with van der Waals surface area (Å²) in [5.41, 5.74) is 4.49. The molecular formula is C17H21N5S. The lowest BCUT2D eigenvalue weighted by molar-refractivity contribution is 0.802. The number of aliphatic imine (C=N–C) groups is 1. The van der Waals surface area contributed by atoms with Crippen molar-refractivity contribution < 1.29 is 0 Å². The Kier molecular flexibility index (Phi) is 4.62. The predicted octanol–water partition coefficient (Wildman–Crippen LogP) is 2.88. The van der Waals surface area contributed by atoms with Crippen molar-refractivity contribution in [1.29, 1.82) is 0 Å². The van der Waals surface area contributed by atoms with E-state index in [0.717, 1.165) is 23.8 Å². The van der Waals surface area contributed by atoms with E-state index >= 15 is 0 Å². The lowest BCUT2D eigenvalue weighted by Gasteiger charge is -2.10. The third-order valence-electron chi connectivity index (χ3n) is 3.71. The minimum absolute atomic E-state index is 0.643. The molecule has 0 saturated carbocycles. The molecule has 0 fully saturated rings. The Morgan fingerprint density at radius 1 is 1.26 bits per heavy atom. The van der Waals surface area contributed by atoms with E-state index < -0.39 is 0 Å². The summed E-state index contributed by atoms with van der Waals surface area (Å²) >= 11 is 1.76. The Hall–Kier alpha value is -2.34. The number of hydrogen-bond donors (Lipinski definition) is 2. The highest BCUT2D eigenvalue weighted by atomic mass is 32.1. The molecule has 0 unspecified atom stereocenters. The molecule has 0 aromatic carbocycles. The molecule has 2 N–H and O–H groups in total. The molecule has 0 aliphatic carbocycles. The molecule has 3 aromatic rings. The van der Waals surface area contributed by atoms with Crippen LogP contribution in [0.4, 0.5) is 0 Å². The van der Waals surface area contributed by atoms with Gasteiger partial charge in [0.05, 0.1) is 18.8 Å². The number of rotatable bonds is 4.